The number of benzene rings is 1. The summed E-state index contributed by atoms with van der Waals surface area (Å²) in [5.41, 5.74) is 0.472. The molecule has 6 nitrogen and oxygen atoms in total. The van der Waals surface area contributed by atoms with E-state index in [9.17, 15) is 14.3 Å². The second-order valence-corrected chi connectivity index (χ2v) is 7.47. The first kappa shape index (κ1) is 21.8. The highest BCUT2D eigenvalue weighted by molar-refractivity contribution is 5.94. The molecule has 1 saturated heterocycles. The van der Waals surface area contributed by atoms with Crippen LogP contribution in [0.3, 0.4) is 0 Å². The number of aliphatic hydroxyl groups excluding tert-OH is 1. The Morgan fingerprint density at radius 3 is 2.74 bits per heavy atom. The SMILES string of the molecule is COC[C@H](O)CN1CCO[C@H](CN(CC(C)C)C(=O)c2ccc(F)cc2)C1. The minimum atomic E-state index is -0.540. The number of hydrogen-bond acceptors (Lipinski definition) is 5. The van der Waals surface area contributed by atoms with Crippen LogP contribution in [0, 0.1) is 11.7 Å². The lowest BCUT2D eigenvalue weighted by molar-refractivity contribution is -0.0569. The van der Waals surface area contributed by atoms with E-state index >= 15 is 0 Å². The maximum Gasteiger partial charge on any atom is 0.253 e. The van der Waals surface area contributed by atoms with Crippen LogP contribution in [0.1, 0.15) is 24.2 Å². The van der Waals surface area contributed by atoms with Gasteiger partial charge in [0.15, 0.2) is 0 Å². The van der Waals surface area contributed by atoms with Crippen LogP contribution in [-0.4, -0.2) is 86.1 Å². The predicted octanol–water partition coefficient (Wildman–Crippen LogP) is 1.63. The normalized spacial score (nSPS) is 19.3. The summed E-state index contributed by atoms with van der Waals surface area (Å²) in [6, 6.07) is 5.63. The van der Waals surface area contributed by atoms with Crippen molar-refractivity contribution in [2.75, 3.05) is 53.0 Å². The van der Waals surface area contributed by atoms with Crippen molar-refractivity contribution in [3.8, 4) is 0 Å². The second kappa shape index (κ2) is 10.7. The maximum absolute atomic E-state index is 13.2. The fourth-order valence-electron chi connectivity index (χ4n) is 3.30. The number of hydrogen-bond donors (Lipinski definition) is 1. The van der Waals surface area contributed by atoms with E-state index in [1.807, 2.05) is 0 Å². The topological polar surface area (TPSA) is 62.2 Å². The van der Waals surface area contributed by atoms with Gasteiger partial charge in [0, 0.05) is 45.4 Å². The number of morpholine rings is 1. The number of halogens is 1. The standard InChI is InChI=1S/C20H31FN2O4/c1-15(2)10-23(20(25)16-4-6-17(21)7-5-16)13-19-12-22(8-9-27-19)11-18(24)14-26-3/h4-7,15,18-19,24H,8-14H2,1-3H3/t18-,19+/m1/s1. The Labute approximate surface area is 160 Å². The molecule has 1 aromatic carbocycles. The van der Waals surface area contributed by atoms with E-state index in [4.69, 9.17) is 9.47 Å². The molecule has 7 heteroatoms. The smallest absolute Gasteiger partial charge is 0.253 e. The molecule has 0 unspecified atom stereocenters. The zero-order valence-corrected chi connectivity index (χ0v) is 16.4. The number of β-amino-alcohol motifs (C(OH)–C–C–N with tert-alkyl or cyclic N) is 1. The van der Waals surface area contributed by atoms with Gasteiger partial charge >= 0.3 is 0 Å². The van der Waals surface area contributed by atoms with Crippen molar-refractivity contribution in [3.63, 3.8) is 0 Å². The fourth-order valence-corrected chi connectivity index (χ4v) is 3.30. The number of carbonyl (C=O) groups excluding carboxylic acids is 1. The molecule has 0 aliphatic carbocycles. The van der Waals surface area contributed by atoms with Crippen molar-refractivity contribution in [1.82, 2.24) is 9.80 Å². The van der Waals surface area contributed by atoms with Crippen molar-refractivity contribution in [3.05, 3.63) is 35.6 Å². The maximum atomic E-state index is 13.2. The minimum Gasteiger partial charge on any atom is -0.389 e. The third-order valence-corrected chi connectivity index (χ3v) is 4.44. The molecule has 1 fully saturated rings. The van der Waals surface area contributed by atoms with Crippen molar-refractivity contribution in [2.45, 2.75) is 26.1 Å². The van der Waals surface area contributed by atoms with Crippen LogP contribution in [0.5, 0.6) is 0 Å². The molecule has 1 aliphatic rings. The summed E-state index contributed by atoms with van der Waals surface area (Å²) in [5.74, 6) is -0.177. The molecule has 1 N–H and O–H groups in total. The average molecular weight is 382 g/mol. The predicted molar refractivity (Wildman–Crippen MR) is 101 cm³/mol. The van der Waals surface area contributed by atoms with E-state index in [1.165, 1.54) is 24.3 Å². The average Bonchev–Trinajstić information content (AvgIpc) is 2.61. The fraction of sp³-hybridized carbons (Fsp3) is 0.650. The van der Waals surface area contributed by atoms with Crippen molar-refractivity contribution in [1.29, 1.82) is 0 Å². The van der Waals surface area contributed by atoms with Gasteiger partial charge in [0.05, 0.1) is 25.4 Å². The zero-order chi connectivity index (χ0) is 19.8. The molecule has 0 spiro atoms. The first-order valence-electron chi connectivity index (χ1n) is 9.44. The zero-order valence-electron chi connectivity index (χ0n) is 16.4. The Bertz CT molecular complexity index is 582. The molecule has 0 aromatic heterocycles. The summed E-state index contributed by atoms with van der Waals surface area (Å²) >= 11 is 0. The number of ether oxygens (including phenoxy) is 2. The number of aliphatic hydroxyl groups is 1. The Morgan fingerprint density at radius 2 is 2.11 bits per heavy atom. The van der Waals surface area contributed by atoms with Crippen molar-refractivity contribution >= 4 is 5.91 Å². The molecule has 1 aliphatic heterocycles. The van der Waals surface area contributed by atoms with Crippen LogP contribution in [0.25, 0.3) is 0 Å². The molecule has 0 radical (unpaired) electrons. The van der Waals surface area contributed by atoms with Crippen LogP contribution < -0.4 is 0 Å². The van der Waals surface area contributed by atoms with Crippen LogP contribution in [0.15, 0.2) is 24.3 Å². The number of amides is 1. The Hall–Kier alpha value is -1.54. The summed E-state index contributed by atoms with van der Waals surface area (Å²) in [6.07, 6.45) is -0.669. The molecule has 1 aromatic rings. The van der Waals surface area contributed by atoms with E-state index in [-0.39, 0.29) is 17.8 Å². The molecule has 1 amide bonds. The van der Waals surface area contributed by atoms with Gasteiger partial charge in [0.2, 0.25) is 0 Å². The monoisotopic (exact) mass is 382 g/mol. The molecule has 2 atom stereocenters. The summed E-state index contributed by atoms with van der Waals surface area (Å²) in [7, 11) is 1.57. The van der Waals surface area contributed by atoms with Crippen LogP contribution in [0.2, 0.25) is 0 Å². The minimum absolute atomic E-state index is 0.121. The highest BCUT2D eigenvalue weighted by Crippen LogP contribution is 2.13. The largest absolute Gasteiger partial charge is 0.389 e. The molecule has 2 rings (SSSR count). The second-order valence-electron chi connectivity index (χ2n) is 7.47. The third kappa shape index (κ3) is 7.18. The summed E-state index contributed by atoms with van der Waals surface area (Å²) < 4.78 is 24.0. The van der Waals surface area contributed by atoms with Gasteiger partial charge in [0.25, 0.3) is 5.91 Å². The molecular weight excluding hydrogens is 351 g/mol. The van der Waals surface area contributed by atoms with Gasteiger partial charge in [-0.2, -0.15) is 0 Å². The van der Waals surface area contributed by atoms with Gasteiger partial charge in [-0.3, -0.25) is 9.69 Å². The van der Waals surface area contributed by atoms with Gasteiger partial charge < -0.3 is 19.5 Å². The van der Waals surface area contributed by atoms with Crippen molar-refractivity contribution < 1.29 is 23.8 Å². The van der Waals surface area contributed by atoms with E-state index < -0.39 is 6.10 Å². The highest BCUT2D eigenvalue weighted by atomic mass is 19.1. The van der Waals surface area contributed by atoms with E-state index in [1.54, 1.807) is 12.0 Å². The summed E-state index contributed by atoms with van der Waals surface area (Å²) in [4.78, 5) is 16.8. The Balaban J connectivity index is 2.00. The van der Waals surface area contributed by atoms with Crippen LogP contribution in [-0.2, 0) is 9.47 Å². The number of methoxy groups -OCH3 is 1. The Morgan fingerprint density at radius 1 is 1.41 bits per heavy atom. The lowest BCUT2D eigenvalue weighted by atomic mass is 10.1. The summed E-state index contributed by atoms with van der Waals surface area (Å²) in [5, 5.41) is 9.95. The van der Waals surface area contributed by atoms with Gasteiger partial charge in [0.1, 0.15) is 5.82 Å². The van der Waals surface area contributed by atoms with E-state index in [0.717, 1.165) is 6.54 Å². The molecule has 1 heterocycles. The first-order valence-corrected chi connectivity index (χ1v) is 9.44. The van der Waals surface area contributed by atoms with Gasteiger partial charge in [-0.15, -0.1) is 0 Å². The van der Waals surface area contributed by atoms with Gasteiger partial charge in [-0.1, -0.05) is 13.8 Å². The lowest BCUT2D eigenvalue weighted by Crippen LogP contribution is -2.51. The molecule has 27 heavy (non-hydrogen) atoms. The van der Waals surface area contributed by atoms with Crippen molar-refractivity contribution in [2.24, 2.45) is 5.92 Å². The molecule has 152 valence electrons. The van der Waals surface area contributed by atoms with Crippen LogP contribution in [0.4, 0.5) is 4.39 Å². The summed E-state index contributed by atoms with van der Waals surface area (Å²) in [6.45, 7) is 7.94. The number of nitrogens with zero attached hydrogens (tertiary/aromatic N) is 2. The van der Waals surface area contributed by atoms with Gasteiger partial charge in [-0.05, 0) is 30.2 Å². The number of rotatable bonds is 9. The Kier molecular flexibility index (Phi) is 8.63. The van der Waals surface area contributed by atoms with E-state index in [0.29, 0.717) is 50.9 Å². The quantitative estimate of drug-likeness (QED) is 0.703. The highest BCUT2D eigenvalue weighted by Gasteiger charge is 2.27. The lowest BCUT2D eigenvalue weighted by Gasteiger charge is -2.37. The molecule has 0 bridgehead atoms. The number of carbonyl (C=O) groups is 1. The van der Waals surface area contributed by atoms with Crippen LogP contribution >= 0.6 is 0 Å². The molecule has 0 saturated carbocycles. The third-order valence-electron chi connectivity index (χ3n) is 4.44. The first-order chi connectivity index (χ1) is 12.9. The van der Waals surface area contributed by atoms with Gasteiger partial charge in [-0.25, -0.2) is 4.39 Å². The molecular formula is C20H31FN2O4. The van der Waals surface area contributed by atoms with E-state index in [2.05, 4.69) is 18.7 Å².